The Kier molecular flexibility index (Phi) is 6.81. The first-order valence-corrected chi connectivity index (χ1v) is 8.85. The average molecular weight is 418 g/mol. The van der Waals surface area contributed by atoms with Gasteiger partial charge in [-0.25, -0.2) is 4.98 Å². The van der Waals surface area contributed by atoms with Gasteiger partial charge >= 0.3 is 0 Å². The highest BCUT2D eigenvalue weighted by Gasteiger charge is 2.24. The van der Waals surface area contributed by atoms with E-state index < -0.39 is 0 Å². The number of H-pyrrole nitrogens is 2. The highest BCUT2D eigenvalue weighted by atomic mass is 35.5. The van der Waals surface area contributed by atoms with Crippen molar-refractivity contribution in [2.75, 3.05) is 13.2 Å². The van der Waals surface area contributed by atoms with Crippen LogP contribution < -0.4 is 5.56 Å². The summed E-state index contributed by atoms with van der Waals surface area (Å²) in [6, 6.07) is 2.11. The molecule has 26 heavy (non-hydrogen) atoms. The van der Waals surface area contributed by atoms with Crippen LogP contribution in [0.25, 0.3) is 20.7 Å². The molecule has 0 aromatic carbocycles. The number of nitrogens with zero attached hydrogens (tertiary/aromatic N) is 3. The summed E-state index contributed by atoms with van der Waals surface area (Å²) in [5, 5.41) is 16.4. The molecule has 1 saturated heterocycles. The Hall–Kier alpha value is -1.45. The summed E-state index contributed by atoms with van der Waals surface area (Å²) in [7, 11) is 0. The molecule has 10 heteroatoms. The number of aromatic amines is 2. The zero-order valence-electron chi connectivity index (χ0n) is 14.2. The first-order chi connectivity index (χ1) is 11.7. The number of aliphatic hydroxyl groups excluding tert-OH is 1. The highest BCUT2D eigenvalue weighted by Crippen LogP contribution is 2.32. The van der Waals surface area contributed by atoms with Gasteiger partial charge in [-0.2, -0.15) is 5.10 Å². The SMILES string of the molecule is Cc1[nH]ncc1-c1cc2nc(CN3CCC[C@@H]3CO)[nH]c(=O)c2s1.Cl.Cl. The molecule has 142 valence electrons. The van der Waals surface area contributed by atoms with Crippen LogP contribution in [-0.2, 0) is 6.54 Å². The number of aromatic nitrogens is 4. The van der Waals surface area contributed by atoms with E-state index in [0.717, 1.165) is 35.5 Å². The summed E-state index contributed by atoms with van der Waals surface area (Å²) in [5.74, 6) is 0.654. The van der Waals surface area contributed by atoms with E-state index in [-0.39, 0.29) is 43.0 Å². The number of aryl methyl sites for hydroxylation is 1. The maximum atomic E-state index is 12.4. The van der Waals surface area contributed by atoms with Crippen LogP contribution in [0.15, 0.2) is 17.1 Å². The Morgan fingerprint density at radius 1 is 1.42 bits per heavy atom. The molecule has 1 fully saturated rings. The van der Waals surface area contributed by atoms with Crippen LogP contribution in [-0.4, -0.2) is 49.4 Å². The Morgan fingerprint density at radius 2 is 2.23 bits per heavy atom. The van der Waals surface area contributed by atoms with Gasteiger partial charge in [-0.3, -0.25) is 14.8 Å². The van der Waals surface area contributed by atoms with E-state index in [9.17, 15) is 9.90 Å². The van der Waals surface area contributed by atoms with Gasteiger partial charge in [0.2, 0.25) is 0 Å². The van der Waals surface area contributed by atoms with Crippen molar-refractivity contribution in [1.82, 2.24) is 25.1 Å². The number of aliphatic hydroxyl groups is 1. The van der Waals surface area contributed by atoms with Gasteiger partial charge in [0, 0.05) is 22.2 Å². The molecule has 0 aliphatic carbocycles. The Morgan fingerprint density at radius 3 is 2.92 bits per heavy atom. The lowest BCUT2D eigenvalue weighted by Crippen LogP contribution is -2.32. The van der Waals surface area contributed by atoms with Gasteiger partial charge in [-0.15, -0.1) is 36.2 Å². The quantitative estimate of drug-likeness (QED) is 0.605. The molecule has 1 aliphatic rings. The van der Waals surface area contributed by atoms with Crippen LogP contribution in [0.1, 0.15) is 24.4 Å². The van der Waals surface area contributed by atoms with E-state index in [1.807, 2.05) is 13.0 Å². The summed E-state index contributed by atoms with van der Waals surface area (Å²) < 4.78 is 0.634. The summed E-state index contributed by atoms with van der Waals surface area (Å²) in [5.41, 5.74) is 2.58. The average Bonchev–Trinajstić information content (AvgIpc) is 3.26. The van der Waals surface area contributed by atoms with Crippen molar-refractivity contribution >= 4 is 46.4 Å². The second-order valence-electron chi connectivity index (χ2n) is 6.20. The smallest absolute Gasteiger partial charge is 0.268 e. The molecular weight excluding hydrogens is 397 g/mol. The third-order valence-electron chi connectivity index (χ3n) is 4.59. The molecule has 0 radical (unpaired) electrons. The van der Waals surface area contributed by atoms with E-state index in [2.05, 4.69) is 25.1 Å². The van der Waals surface area contributed by atoms with Crippen LogP contribution in [0.3, 0.4) is 0 Å². The molecule has 0 unspecified atom stereocenters. The number of halogens is 2. The maximum Gasteiger partial charge on any atom is 0.268 e. The summed E-state index contributed by atoms with van der Waals surface area (Å²) in [4.78, 5) is 23.1. The molecule has 4 heterocycles. The lowest BCUT2D eigenvalue weighted by molar-refractivity contribution is 0.151. The van der Waals surface area contributed by atoms with E-state index in [4.69, 9.17) is 0 Å². The second-order valence-corrected chi connectivity index (χ2v) is 7.25. The van der Waals surface area contributed by atoms with Gasteiger partial charge in [-0.05, 0) is 32.4 Å². The van der Waals surface area contributed by atoms with Crippen molar-refractivity contribution in [1.29, 1.82) is 0 Å². The lowest BCUT2D eigenvalue weighted by Gasteiger charge is -2.21. The summed E-state index contributed by atoms with van der Waals surface area (Å²) in [6.07, 6.45) is 3.83. The van der Waals surface area contributed by atoms with Crippen LogP contribution >= 0.6 is 36.2 Å². The molecule has 7 nitrogen and oxygen atoms in total. The third kappa shape index (κ3) is 3.79. The molecule has 0 saturated carbocycles. The van der Waals surface area contributed by atoms with Crippen LogP contribution in [0.5, 0.6) is 0 Å². The molecule has 3 aromatic rings. The molecule has 0 spiro atoms. The number of nitrogens with one attached hydrogen (secondary N) is 2. The van der Waals surface area contributed by atoms with Gasteiger partial charge in [0.15, 0.2) is 0 Å². The fourth-order valence-corrected chi connectivity index (χ4v) is 4.36. The van der Waals surface area contributed by atoms with Gasteiger partial charge in [0.05, 0.1) is 24.9 Å². The van der Waals surface area contributed by atoms with Crippen LogP contribution in [0, 0.1) is 6.92 Å². The number of thiophene rings is 1. The summed E-state index contributed by atoms with van der Waals surface area (Å²) >= 11 is 1.43. The monoisotopic (exact) mass is 417 g/mol. The fraction of sp³-hybridized carbons (Fsp3) is 0.438. The van der Waals surface area contributed by atoms with E-state index in [1.165, 1.54) is 11.3 Å². The summed E-state index contributed by atoms with van der Waals surface area (Å²) in [6.45, 7) is 3.59. The standard InChI is InChI=1S/C16H19N5O2S.2ClH/c1-9-11(6-17-20-9)13-5-12-15(24-13)16(23)19-14(18-12)7-21-4-2-3-10(21)8-22;;/h5-6,10,22H,2-4,7-8H2,1H3,(H,17,20)(H,18,19,23);2*1H/t10-;;/m1../s1. The minimum atomic E-state index is -0.104. The predicted molar refractivity (Wildman–Crippen MR) is 108 cm³/mol. The molecule has 0 bridgehead atoms. The molecule has 3 aromatic heterocycles. The molecular formula is C16H21Cl2N5O2S. The molecule has 3 N–H and O–H groups in total. The van der Waals surface area contributed by atoms with Crippen molar-refractivity contribution < 1.29 is 5.11 Å². The van der Waals surface area contributed by atoms with Gasteiger partial charge in [0.25, 0.3) is 5.56 Å². The number of rotatable bonds is 4. The second kappa shape index (κ2) is 8.49. The van der Waals surface area contributed by atoms with Crippen molar-refractivity contribution in [3.05, 3.63) is 34.1 Å². The molecule has 1 aliphatic heterocycles. The zero-order valence-corrected chi connectivity index (χ0v) is 16.6. The fourth-order valence-electron chi connectivity index (χ4n) is 3.30. The number of fused-ring (bicyclic) bond motifs is 1. The van der Waals surface area contributed by atoms with Crippen molar-refractivity contribution in [3.8, 4) is 10.4 Å². The van der Waals surface area contributed by atoms with Gasteiger partial charge in [-0.1, -0.05) is 0 Å². The molecule has 4 rings (SSSR count). The zero-order chi connectivity index (χ0) is 16.7. The normalized spacial score (nSPS) is 17.2. The Bertz CT molecular complexity index is 938. The van der Waals surface area contributed by atoms with E-state index in [0.29, 0.717) is 22.6 Å². The first kappa shape index (κ1) is 20.9. The van der Waals surface area contributed by atoms with Crippen molar-refractivity contribution in [2.45, 2.75) is 32.4 Å². The number of hydrogen-bond acceptors (Lipinski definition) is 6. The van der Waals surface area contributed by atoms with Crippen LogP contribution in [0.2, 0.25) is 0 Å². The maximum absolute atomic E-state index is 12.4. The van der Waals surface area contributed by atoms with Crippen molar-refractivity contribution in [2.24, 2.45) is 0 Å². The lowest BCUT2D eigenvalue weighted by atomic mass is 10.2. The van der Waals surface area contributed by atoms with Gasteiger partial charge < -0.3 is 10.1 Å². The van der Waals surface area contributed by atoms with Crippen LogP contribution in [0.4, 0.5) is 0 Å². The predicted octanol–water partition coefficient (Wildman–Crippen LogP) is 2.48. The minimum absolute atomic E-state index is 0. The minimum Gasteiger partial charge on any atom is -0.395 e. The topological polar surface area (TPSA) is 97.9 Å². The van der Waals surface area contributed by atoms with E-state index >= 15 is 0 Å². The van der Waals surface area contributed by atoms with Crippen molar-refractivity contribution in [3.63, 3.8) is 0 Å². The molecule has 0 amide bonds. The Balaban J connectivity index is 0.00000121. The highest BCUT2D eigenvalue weighted by molar-refractivity contribution is 7.22. The Labute approximate surface area is 166 Å². The number of likely N-dealkylation sites (tertiary alicyclic amines) is 1. The van der Waals surface area contributed by atoms with Gasteiger partial charge in [0.1, 0.15) is 10.5 Å². The van der Waals surface area contributed by atoms with E-state index in [1.54, 1.807) is 6.20 Å². The number of hydrogen-bond donors (Lipinski definition) is 3. The third-order valence-corrected chi connectivity index (χ3v) is 5.75. The first-order valence-electron chi connectivity index (χ1n) is 8.03. The largest absolute Gasteiger partial charge is 0.395 e. The molecule has 1 atom stereocenters.